The van der Waals surface area contributed by atoms with Gasteiger partial charge in [0.1, 0.15) is 0 Å². The second-order valence-corrected chi connectivity index (χ2v) is 5.95. The van der Waals surface area contributed by atoms with Gasteiger partial charge in [0.05, 0.1) is 4.83 Å². The predicted molar refractivity (Wildman–Crippen MR) is 83.1 cm³/mol. The van der Waals surface area contributed by atoms with Gasteiger partial charge in [-0.05, 0) is 41.3 Å². The Hall–Kier alpha value is -0.500. The fraction of sp³-hybridized carbons (Fsp3) is 0.200. The lowest BCUT2D eigenvalue weighted by molar-refractivity contribution is 1.11. The Balaban J connectivity index is 2.31. The zero-order chi connectivity index (χ0) is 13.1. The summed E-state index contributed by atoms with van der Waals surface area (Å²) in [6.45, 7) is 2.15. The van der Waals surface area contributed by atoms with E-state index in [1.807, 2.05) is 12.1 Å². The molecule has 0 aliphatic heterocycles. The molecule has 1 unspecified atom stereocenters. The Labute approximate surface area is 126 Å². The normalized spacial score (nSPS) is 12.4. The molecule has 0 bridgehead atoms. The van der Waals surface area contributed by atoms with Gasteiger partial charge in [-0.25, -0.2) is 0 Å². The summed E-state index contributed by atoms with van der Waals surface area (Å²) in [6.07, 6.45) is 1.05. The van der Waals surface area contributed by atoms with Crippen molar-refractivity contribution in [1.29, 1.82) is 0 Å². The summed E-state index contributed by atoms with van der Waals surface area (Å²) in [5.74, 6) is 0. The van der Waals surface area contributed by atoms with Gasteiger partial charge >= 0.3 is 0 Å². The molecule has 0 radical (unpaired) electrons. The van der Waals surface area contributed by atoms with Crippen molar-refractivity contribution in [3.8, 4) is 0 Å². The van der Waals surface area contributed by atoms with Crippen LogP contribution in [0.25, 0.3) is 0 Å². The molecule has 0 aromatic heterocycles. The van der Waals surface area contributed by atoms with E-state index in [9.17, 15) is 0 Å². The van der Waals surface area contributed by atoms with Crippen LogP contribution in [0.15, 0.2) is 42.5 Å². The van der Waals surface area contributed by atoms with Crippen LogP contribution < -0.4 is 0 Å². The van der Waals surface area contributed by atoms with Crippen molar-refractivity contribution in [2.45, 2.75) is 18.2 Å². The first-order chi connectivity index (χ1) is 8.60. The molecule has 0 N–H and O–H groups in total. The third-order valence-electron chi connectivity index (χ3n) is 2.86. The highest BCUT2D eigenvalue weighted by Crippen LogP contribution is 2.34. The lowest BCUT2D eigenvalue weighted by atomic mass is 10.0. The summed E-state index contributed by atoms with van der Waals surface area (Å²) in [7, 11) is 0. The Morgan fingerprint density at radius 2 is 1.50 bits per heavy atom. The maximum Gasteiger partial charge on any atom is 0.0645 e. The predicted octanol–water partition coefficient (Wildman–Crippen LogP) is 6.04. The molecule has 0 nitrogen and oxygen atoms in total. The van der Waals surface area contributed by atoms with Crippen LogP contribution in [0.1, 0.15) is 28.4 Å². The van der Waals surface area contributed by atoms with Crippen LogP contribution in [0.5, 0.6) is 0 Å². The summed E-state index contributed by atoms with van der Waals surface area (Å²) < 4.78 is 0. The third-order valence-corrected chi connectivity index (χ3v) is 4.35. The van der Waals surface area contributed by atoms with E-state index in [4.69, 9.17) is 23.2 Å². The maximum absolute atomic E-state index is 6.02. The second kappa shape index (κ2) is 6.10. The lowest BCUT2D eigenvalue weighted by Gasteiger charge is -2.12. The molecule has 0 aliphatic carbocycles. The van der Waals surface area contributed by atoms with E-state index in [1.165, 1.54) is 11.1 Å². The van der Waals surface area contributed by atoms with Crippen LogP contribution in [-0.2, 0) is 6.42 Å². The summed E-state index contributed by atoms with van der Waals surface area (Å²) in [5, 5.41) is 1.32. The largest absolute Gasteiger partial charge is 0.0843 e. The minimum Gasteiger partial charge on any atom is -0.0843 e. The number of alkyl halides is 1. The first kappa shape index (κ1) is 13.9. The van der Waals surface area contributed by atoms with Gasteiger partial charge in [0.15, 0.2) is 0 Å². The minimum absolute atomic E-state index is 0.111. The molecule has 0 fully saturated rings. The van der Waals surface area contributed by atoms with E-state index < -0.39 is 0 Å². The van der Waals surface area contributed by atoms with E-state index in [1.54, 1.807) is 6.07 Å². The zero-order valence-corrected chi connectivity index (χ0v) is 13.1. The third kappa shape index (κ3) is 3.28. The van der Waals surface area contributed by atoms with Gasteiger partial charge in [0, 0.05) is 10.0 Å². The van der Waals surface area contributed by atoms with Crippen molar-refractivity contribution in [1.82, 2.24) is 0 Å². The average molecular weight is 344 g/mol. The second-order valence-electron chi connectivity index (χ2n) is 4.16. The van der Waals surface area contributed by atoms with Gasteiger partial charge < -0.3 is 0 Å². The fourth-order valence-corrected chi connectivity index (χ4v) is 2.95. The van der Waals surface area contributed by atoms with E-state index in [0.29, 0.717) is 10.0 Å². The smallest absolute Gasteiger partial charge is 0.0645 e. The van der Waals surface area contributed by atoms with Crippen LogP contribution in [-0.4, -0.2) is 0 Å². The molecule has 2 aromatic rings. The first-order valence-corrected chi connectivity index (χ1v) is 7.46. The van der Waals surface area contributed by atoms with Crippen LogP contribution in [0.3, 0.4) is 0 Å². The van der Waals surface area contributed by atoms with Crippen LogP contribution in [0, 0.1) is 0 Å². The van der Waals surface area contributed by atoms with Gasteiger partial charge in [0.2, 0.25) is 0 Å². The number of halogens is 3. The number of aryl methyl sites for hydroxylation is 1. The highest BCUT2D eigenvalue weighted by atomic mass is 79.9. The van der Waals surface area contributed by atoms with Gasteiger partial charge in [0.25, 0.3) is 0 Å². The summed E-state index contributed by atoms with van der Waals surface area (Å²) in [6, 6.07) is 14.2. The number of benzene rings is 2. The molecule has 0 aliphatic rings. The molecule has 2 aromatic carbocycles. The molecule has 0 saturated heterocycles. The molecule has 1 atom stereocenters. The van der Waals surface area contributed by atoms with Gasteiger partial charge in [-0.1, -0.05) is 70.3 Å². The molecule has 0 spiro atoms. The SMILES string of the molecule is CCc1ccc(C(Br)c2cc(Cl)cc(Cl)c2)cc1. The number of hydrogen-bond donors (Lipinski definition) is 0. The van der Waals surface area contributed by atoms with E-state index in [2.05, 4.69) is 47.1 Å². The van der Waals surface area contributed by atoms with Gasteiger partial charge in [-0.15, -0.1) is 0 Å². The molecular weight excluding hydrogens is 331 g/mol. The molecule has 2 rings (SSSR count). The average Bonchev–Trinajstić information content (AvgIpc) is 2.37. The Morgan fingerprint density at radius 3 is 2.00 bits per heavy atom. The highest BCUT2D eigenvalue weighted by Gasteiger charge is 2.11. The molecule has 0 saturated carbocycles. The van der Waals surface area contributed by atoms with Crippen molar-refractivity contribution in [3.05, 3.63) is 69.2 Å². The van der Waals surface area contributed by atoms with Gasteiger partial charge in [-0.3, -0.25) is 0 Å². The van der Waals surface area contributed by atoms with Crippen LogP contribution in [0.2, 0.25) is 10.0 Å². The monoisotopic (exact) mass is 342 g/mol. The van der Waals surface area contributed by atoms with Gasteiger partial charge in [-0.2, -0.15) is 0 Å². The summed E-state index contributed by atoms with van der Waals surface area (Å²) in [4.78, 5) is 0.111. The standard InChI is InChI=1S/C15H13BrCl2/c1-2-10-3-5-11(6-4-10)15(16)12-7-13(17)9-14(18)8-12/h3-9,15H,2H2,1H3. The Bertz CT molecular complexity index is 514. The highest BCUT2D eigenvalue weighted by molar-refractivity contribution is 9.09. The fourth-order valence-electron chi connectivity index (χ4n) is 1.84. The molecule has 0 amide bonds. The zero-order valence-electron chi connectivity index (χ0n) is 9.96. The van der Waals surface area contributed by atoms with E-state index in [0.717, 1.165) is 12.0 Å². The van der Waals surface area contributed by atoms with Crippen molar-refractivity contribution in [2.24, 2.45) is 0 Å². The molecule has 18 heavy (non-hydrogen) atoms. The van der Waals surface area contributed by atoms with Crippen molar-refractivity contribution < 1.29 is 0 Å². The van der Waals surface area contributed by atoms with Crippen LogP contribution in [0.4, 0.5) is 0 Å². The molecule has 3 heteroatoms. The quantitative estimate of drug-likeness (QED) is 0.596. The van der Waals surface area contributed by atoms with E-state index >= 15 is 0 Å². The summed E-state index contributed by atoms with van der Waals surface area (Å²) in [5.41, 5.74) is 3.60. The maximum atomic E-state index is 6.02. The molecule has 0 heterocycles. The van der Waals surface area contributed by atoms with E-state index in [-0.39, 0.29) is 4.83 Å². The Kier molecular flexibility index (Phi) is 4.71. The summed E-state index contributed by atoms with van der Waals surface area (Å²) >= 11 is 15.7. The van der Waals surface area contributed by atoms with Crippen molar-refractivity contribution in [2.75, 3.05) is 0 Å². The first-order valence-electron chi connectivity index (χ1n) is 5.79. The van der Waals surface area contributed by atoms with Crippen LogP contribution >= 0.6 is 39.1 Å². The topological polar surface area (TPSA) is 0 Å². The Morgan fingerprint density at radius 1 is 0.944 bits per heavy atom. The number of rotatable bonds is 3. The lowest BCUT2D eigenvalue weighted by Crippen LogP contribution is -1.93. The van der Waals surface area contributed by atoms with Crippen molar-refractivity contribution >= 4 is 39.1 Å². The molecular formula is C15H13BrCl2. The molecule has 94 valence electrons. The van der Waals surface area contributed by atoms with Crippen molar-refractivity contribution in [3.63, 3.8) is 0 Å². The number of hydrogen-bond acceptors (Lipinski definition) is 0. The minimum atomic E-state index is 0.111.